The van der Waals surface area contributed by atoms with Crippen LogP contribution in [0.2, 0.25) is 0 Å². The number of allylic oxidation sites excluding steroid dienone is 10. The summed E-state index contributed by atoms with van der Waals surface area (Å²) in [5.41, 5.74) is 5.35. The predicted octanol–water partition coefficient (Wildman–Crippen LogP) is 13.3. The molecule has 2 unspecified atom stereocenters. The summed E-state index contributed by atoms with van der Waals surface area (Å²) < 4.78 is 32.7. The van der Waals surface area contributed by atoms with Crippen molar-refractivity contribution in [1.29, 1.82) is 0 Å². The van der Waals surface area contributed by atoms with Crippen molar-refractivity contribution in [2.75, 3.05) is 26.4 Å². The first-order chi connectivity index (χ1) is 27.8. The molecule has 10 heteroatoms. The van der Waals surface area contributed by atoms with Crippen molar-refractivity contribution in [2.45, 2.75) is 200 Å². The summed E-state index contributed by atoms with van der Waals surface area (Å²) in [6.45, 7) is 3.64. The van der Waals surface area contributed by atoms with Crippen LogP contribution in [-0.4, -0.2) is 49.3 Å². The number of unbranched alkanes of at least 4 members (excludes halogenated alkanes) is 19. The SMILES string of the molecule is CCCCCC=CCC=CCC=CCC=CCCCC(=O)OC(COC(=O)CCCCCCCCCCCC=CCCCCCCCC)COP(=O)(O)OCCN. The van der Waals surface area contributed by atoms with E-state index in [1.807, 2.05) is 6.08 Å². The Hall–Kier alpha value is -2.29. The van der Waals surface area contributed by atoms with Crippen molar-refractivity contribution < 1.29 is 37.6 Å². The van der Waals surface area contributed by atoms with Gasteiger partial charge in [0.05, 0.1) is 13.2 Å². The number of carbonyl (C=O) groups is 2. The highest BCUT2D eigenvalue weighted by Gasteiger charge is 2.25. The van der Waals surface area contributed by atoms with Crippen LogP contribution in [0.1, 0.15) is 194 Å². The van der Waals surface area contributed by atoms with Crippen molar-refractivity contribution >= 4 is 19.8 Å². The Morgan fingerprint density at radius 1 is 0.526 bits per heavy atom. The number of nitrogens with two attached hydrogens (primary N) is 1. The van der Waals surface area contributed by atoms with E-state index in [1.54, 1.807) is 0 Å². The van der Waals surface area contributed by atoms with Gasteiger partial charge in [-0.05, 0) is 77.0 Å². The monoisotopic (exact) mass is 822 g/mol. The largest absolute Gasteiger partial charge is 0.472 e. The Morgan fingerprint density at radius 3 is 1.46 bits per heavy atom. The molecule has 57 heavy (non-hydrogen) atoms. The third-order valence-electron chi connectivity index (χ3n) is 9.38. The molecular weight excluding hydrogens is 737 g/mol. The minimum Gasteiger partial charge on any atom is -0.462 e. The third kappa shape index (κ3) is 43.1. The zero-order chi connectivity index (χ0) is 41.8. The molecule has 3 N–H and O–H groups in total. The molecule has 0 heterocycles. The zero-order valence-electron chi connectivity index (χ0n) is 36.3. The van der Waals surface area contributed by atoms with E-state index in [0.717, 1.165) is 38.5 Å². The normalized spacial score (nSPS) is 13.8. The van der Waals surface area contributed by atoms with Gasteiger partial charge in [-0.1, -0.05) is 164 Å². The van der Waals surface area contributed by atoms with Gasteiger partial charge < -0.3 is 20.1 Å². The minimum absolute atomic E-state index is 0.0425. The highest BCUT2D eigenvalue weighted by Crippen LogP contribution is 2.43. The molecule has 0 aliphatic heterocycles. The predicted molar refractivity (Wildman–Crippen MR) is 238 cm³/mol. The van der Waals surface area contributed by atoms with Gasteiger partial charge in [0.2, 0.25) is 0 Å². The average molecular weight is 822 g/mol. The summed E-state index contributed by atoms with van der Waals surface area (Å²) in [4.78, 5) is 34.9. The van der Waals surface area contributed by atoms with Crippen molar-refractivity contribution in [2.24, 2.45) is 5.73 Å². The number of phosphoric ester groups is 1. The second-order valence-electron chi connectivity index (χ2n) is 14.9. The molecule has 0 saturated carbocycles. The third-order valence-corrected chi connectivity index (χ3v) is 10.4. The molecule has 0 fully saturated rings. The van der Waals surface area contributed by atoms with Crippen LogP contribution in [0, 0.1) is 0 Å². The van der Waals surface area contributed by atoms with Crippen molar-refractivity contribution in [3.63, 3.8) is 0 Å². The highest BCUT2D eigenvalue weighted by atomic mass is 31.2. The second kappa shape index (κ2) is 43.3. The lowest BCUT2D eigenvalue weighted by molar-refractivity contribution is -0.161. The highest BCUT2D eigenvalue weighted by molar-refractivity contribution is 7.47. The summed E-state index contributed by atoms with van der Waals surface area (Å²) in [6.07, 6.45) is 51.1. The van der Waals surface area contributed by atoms with E-state index in [-0.39, 0.29) is 32.6 Å². The van der Waals surface area contributed by atoms with Crippen LogP contribution < -0.4 is 5.73 Å². The number of rotatable bonds is 42. The Kier molecular flexibility index (Phi) is 41.6. The van der Waals surface area contributed by atoms with Crippen molar-refractivity contribution in [3.8, 4) is 0 Å². The Bertz CT molecular complexity index is 1120. The quantitative estimate of drug-likeness (QED) is 0.0267. The molecule has 0 rings (SSSR count). The maximum absolute atomic E-state index is 12.6. The molecule has 0 amide bonds. The lowest BCUT2D eigenvalue weighted by Crippen LogP contribution is -2.29. The summed E-state index contributed by atoms with van der Waals surface area (Å²) in [5, 5.41) is 0. The van der Waals surface area contributed by atoms with E-state index < -0.39 is 32.5 Å². The fourth-order valence-corrected chi connectivity index (χ4v) is 6.74. The van der Waals surface area contributed by atoms with Gasteiger partial charge in [0.1, 0.15) is 6.61 Å². The van der Waals surface area contributed by atoms with Gasteiger partial charge in [0.15, 0.2) is 6.10 Å². The minimum atomic E-state index is -4.40. The van der Waals surface area contributed by atoms with E-state index in [1.165, 1.54) is 116 Å². The molecule has 0 bridgehead atoms. The van der Waals surface area contributed by atoms with E-state index in [2.05, 4.69) is 68.5 Å². The Morgan fingerprint density at radius 2 is 0.930 bits per heavy atom. The number of esters is 2. The van der Waals surface area contributed by atoms with E-state index >= 15 is 0 Å². The Balaban J connectivity index is 4.21. The summed E-state index contributed by atoms with van der Waals surface area (Å²) in [5.74, 6) is -0.897. The van der Waals surface area contributed by atoms with Crippen LogP contribution in [-0.2, 0) is 32.7 Å². The van der Waals surface area contributed by atoms with Gasteiger partial charge in [-0.3, -0.25) is 18.6 Å². The first kappa shape index (κ1) is 54.7. The van der Waals surface area contributed by atoms with Crippen LogP contribution >= 0.6 is 7.82 Å². The summed E-state index contributed by atoms with van der Waals surface area (Å²) in [6, 6.07) is 0. The Labute approximate surface area is 349 Å². The van der Waals surface area contributed by atoms with E-state index in [4.69, 9.17) is 24.3 Å². The zero-order valence-corrected chi connectivity index (χ0v) is 37.2. The molecule has 0 saturated heterocycles. The molecule has 330 valence electrons. The second-order valence-corrected chi connectivity index (χ2v) is 16.4. The molecule has 0 aromatic heterocycles. The number of phosphoric acid groups is 1. The molecule has 0 radical (unpaired) electrons. The standard InChI is InChI=1S/C47H84NO8P/c1-3-5-7-9-11-13-15-17-19-21-22-24-25-27-29-31-33-35-37-39-46(49)53-43-45(44-55-57(51,52)54-42-41-48)56-47(50)40-38-36-34-32-30-28-26-23-20-18-16-14-12-10-8-6-4-2/h12,14,17-20,26,28,32,34,45H,3-11,13,15-16,21-25,27,29-31,33,35-44,48H2,1-2H3,(H,51,52). The molecule has 9 nitrogen and oxygen atoms in total. The van der Waals surface area contributed by atoms with Gasteiger partial charge in [0.25, 0.3) is 0 Å². The van der Waals surface area contributed by atoms with Gasteiger partial charge in [-0.15, -0.1) is 0 Å². The maximum Gasteiger partial charge on any atom is 0.472 e. The van der Waals surface area contributed by atoms with Gasteiger partial charge in [0, 0.05) is 19.4 Å². The van der Waals surface area contributed by atoms with Gasteiger partial charge in [-0.2, -0.15) is 0 Å². The molecular formula is C47H84NO8P. The van der Waals surface area contributed by atoms with Gasteiger partial charge >= 0.3 is 19.8 Å². The van der Waals surface area contributed by atoms with Crippen LogP contribution in [0.15, 0.2) is 60.8 Å². The van der Waals surface area contributed by atoms with Gasteiger partial charge in [-0.25, -0.2) is 4.57 Å². The van der Waals surface area contributed by atoms with Crippen LogP contribution in [0.5, 0.6) is 0 Å². The number of hydrogen-bond acceptors (Lipinski definition) is 8. The maximum atomic E-state index is 12.6. The lowest BCUT2D eigenvalue weighted by Gasteiger charge is -2.19. The number of hydrogen-bond donors (Lipinski definition) is 2. The number of carbonyl (C=O) groups excluding carboxylic acids is 2. The van der Waals surface area contributed by atoms with Crippen molar-refractivity contribution in [1.82, 2.24) is 0 Å². The molecule has 0 aromatic rings. The molecule has 0 aliphatic rings. The van der Waals surface area contributed by atoms with E-state index in [0.29, 0.717) is 12.8 Å². The molecule has 0 spiro atoms. The fourth-order valence-electron chi connectivity index (χ4n) is 5.97. The van der Waals surface area contributed by atoms with Crippen LogP contribution in [0.25, 0.3) is 0 Å². The average Bonchev–Trinajstić information content (AvgIpc) is 3.20. The van der Waals surface area contributed by atoms with Crippen LogP contribution in [0.4, 0.5) is 0 Å². The first-order valence-corrected chi connectivity index (χ1v) is 24.3. The number of ether oxygens (including phenoxy) is 2. The smallest absolute Gasteiger partial charge is 0.462 e. The molecule has 0 aromatic carbocycles. The summed E-state index contributed by atoms with van der Waals surface area (Å²) in [7, 11) is -4.40. The van der Waals surface area contributed by atoms with Crippen molar-refractivity contribution in [3.05, 3.63) is 60.8 Å². The molecule has 2 atom stereocenters. The van der Waals surface area contributed by atoms with E-state index in [9.17, 15) is 19.0 Å². The molecule has 0 aliphatic carbocycles. The summed E-state index contributed by atoms with van der Waals surface area (Å²) >= 11 is 0. The first-order valence-electron chi connectivity index (χ1n) is 22.8. The van der Waals surface area contributed by atoms with Crippen LogP contribution in [0.3, 0.4) is 0 Å². The lowest BCUT2D eigenvalue weighted by atomic mass is 10.1. The fraction of sp³-hybridized carbons (Fsp3) is 0.745. The topological polar surface area (TPSA) is 134 Å².